The minimum Gasteiger partial charge on any atom is -0.459 e. The van der Waals surface area contributed by atoms with Crippen molar-refractivity contribution < 1.29 is 14.0 Å². The van der Waals surface area contributed by atoms with Gasteiger partial charge in [0.05, 0.1) is 18.6 Å². The fourth-order valence-electron chi connectivity index (χ4n) is 2.18. The highest BCUT2D eigenvalue weighted by molar-refractivity contribution is 7.99. The molecule has 0 spiro atoms. The summed E-state index contributed by atoms with van der Waals surface area (Å²) in [5.41, 5.74) is 5.75. The molecular formula is C17H17N5O3S. The maximum Gasteiger partial charge on any atom is 0.305 e. The molecule has 0 bridgehead atoms. The van der Waals surface area contributed by atoms with Crippen LogP contribution in [-0.2, 0) is 11.3 Å². The normalized spacial score (nSPS) is 10.5. The summed E-state index contributed by atoms with van der Waals surface area (Å²) >= 11 is 1.25. The maximum atomic E-state index is 11.9. The van der Waals surface area contributed by atoms with Gasteiger partial charge in [-0.3, -0.25) is 20.4 Å². The van der Waals surface area contributed by atoms with Crippen molar-refractivity contribution >= 4 is 23.6 Å². The lowest BCUT2D eigenvalue weighted by Crippen LogP contribution is -2.42. The second-order valence-corrected chi connectivity index (χ2v) is 6.31. The van der Waals surface area contributed by atoms with Crippen molar-refractivity contribution in [2.45, 2.75) is 18.6 Å². The quantitative estimate of drug-likeness (QED) is 0.506. The number of carbonyl (C=O) groups is 2. The predicted molar refractivity (Wildman–Crippen MR) is 95.3 cm³/mol. The van der Waals surface area contributed by atoms with Crippen LogP contribution in [0.5, 0.6) is 0 Å². The Morgan fingerprint density at radius 2 is 1.92 bits per heavy atom. The monoisotopic (exact) mass is 371 g/mol. The minimum atomic E-state index is -0.517. The third kappa shape index (κ3) is 4.51. The molecule has 0 atom stereocenters. The number of aryl methyl sites for hydroxylation is 1. The van der Waals surface area contributed by atoms with Crippen LogP contribution in [0.4, 0.5) is 0 Å². The van der Waals surface area contributed by atoms with Crippen LogP contribution < -0.4 is 10.9 Å². The van der Waals surface area contributed by atoms with E-state index in [1.807, 2.05) is 41.8 Å². The molecule has 0 unspecified atom stereocenters. The average Bonchev–Trinajstić information content (AvgIpc) is 3.30. The SMILES string of the molecule is Cc1nnc(SCC(=O)NNC(=O)c2ccco2)n1Cc1ccccc1. The van der Waals surface area contributed by atoms with E-state index in [0.29, 0.717) is 11.7 Å². The summed E-state index contributed by atoms with van der Waals surface area (Å²) in [5.74, 6) is 0.100. The molecular weight excluding hydrogens is 354 g/mol. The second-order valence-electron chi connectivity index (χ2n) is 5.37. The summed E-state index contributed by atoms with van der Waals surface area (Å²) in [7, 11) is 0. The summed E-state index contributed by atoms with van der Waals surface area (Å²) in [4.78, 5) is 23.6. The Kier molecular flexibility index (Phi) is 5.69. The molecule has 26 heavy (non-hydrogen) atoms. The molecule has 134 valence electrons. The molecule has 0 saturated carbocycles. The molecule has 9 heteroatoms. The van der Waals surface area contributed by atoms with Crippen molar-refractivity contribution in [1.29, 1.82) is 0 Å². The molecule has 1 aromatic carbocycles. The molecule has 0 fully saturated rings. The van der Waals surface area contributed by atoms with E-state index in [9.17, 15) is 9.59 Å². The number of benzene rings is 1. The van der Waals surface area contributed by atoms with Gasteiger partial charge in [-0.15, -0.1) is 10.2 Å². The maximum absolute atomic E-state index is 11.9. The number of amides is 2. The van der Waals surface area contributed by atoms with Gasteiger partial charge in [-0.25, -0.2) is 0 Å². The Labute approximate surface area is 154 Å². The Morgan fingerprint density at radius 1 is 1.12 bits per heavy atom. The van der Waals surface area contributed by atoms with Crippen molar-refractivity contribution in [3.8, 4) is 0 Å². The Morgan fingerprint density at radius 3 is 2.65 bits per heavy atom. The van der Waals surface area contributed by atoms with E-state index in [4.69, 9.17) is 4.42 Å². The van der Waals surface area contributed by atoms with Crippen molar-refractivity contribution in [3.05, 3.63) is 65.9 Å². The van der Waals surface area contributed by atoms with Crippen LogP contribution in [0.25, 0.3) is 0 Å². The summed E-state index contributed by atoms with van der Waals surface area (Å²) in [6.45, 7) is 2.49. The number of rotatable bonds is 6. The Hall–Kier alpha value is -3.07. The average molecular weight is 371 g/mol. The number of furan rings is 1. The van der Waals surface area contributed by atoms with Crippen LogP contribution >= 0.6 is 11.8 Å². The fraction of sp³-hybridized carbons (Fsp3) is 0.176. The topological polar surface area (TPSA) is 102 Å². The number of nitrogens with one attached hydrogen (secondary N) is 2. The van der Waals surface area contributed by atoms with Gasteiger partial charge in [0.25, 0.3) is 0 Å². The van der Waals surface area contributed by atoms with Gasteiger partial charge in [0.15, 0.2) is 10.9 Å². The molecule has 3 aromatic rings. The molecule has 2 aromatic heterocycles. The first-order valence-corrected chi connectivity index (χ1v) is 8.81. The van der Waals surface area contributed by atoms with Gasteiger partial charge < -0.3 is 8.98 Å². The van der Waals surface area contributed by atoms with Crippen LogP contribution in [0.15, 0.2) is 58.3 Å². The molecule has 0 aliphatic rings. The van der Waals surface area contributed by atoms with Gasteiger partial charge in [-0.1, -0.05) is 42.1 Å². The van der Waals surface area contributed by atoms with Crippen molar-refractivity contribution in [2.24, 2.45) is 0 Å². The van der Waals surface area contributed by atoms with Crippen molar-refractivity contribution in [1.82, 2.24) is 25.6 Å². The van der Waals surface area contributed by atoms with Gasteiger partial charge in [0.2, 0.25) is 5.91 Å². The van der Waals surface area contributed by atoms with E-state index in [2.05, 4.69) is 21.0 Å². The predicted octanol–water partition coefficient (Wildman–Crippen LogP) is 1.78. The van der Waals surface area contributed by atoms with E-state index in [0.717, 1.165) is 11.4 Å². The number of carbonyl (C=O) groups excluding carboxylic acids is 2. The Balaban J connectivity index is 1.53. The molecule has 0 aliphatic heterocycles. The lowest BCUT2D eigenvalue weighted by molar-refractivity contribution is -0.119. The number of thioether (sulfide) groups is 1. The molecule has 2 N–H and O–H groups in total. The summed E-state index contributed by atoms with van der Waals surface area (Å²) in [6, 6.07) is 13.0. The first-order chi connectivity index (χ1) is 12.6. The van der Waals surface area contributed by atoms with Crippen LogP contribution in [0.3, 0.4) is 0 Å². The van der Waals surface area contributed by atoms with Crippen LogP contribution in [0.2, 0.25) is 0 Å². The number of hydrogen-bond donors (Lipinski definition) is 2. The first-order valence-electron chi connectivity index (χ1n) is 7.82. The highest BCUT2D eigenvalue weighted by atomic mass is 32.2. The molecule has 0 radical (unpaired) electrons. The van der Waals surface area contributed by atoms with E-state index >= 15 is 0 Å². The van der Waals surface area contributed by atoms with E-state index in [1.165, 1.54) is 24.1 Å². The molecule has 0 aliphatic carbocycles. The van der Waals surface area contributed by atoms with Gasteiger partial charge in [0.1, 0.15) is 5.82 Å². The summed E-state index contributed by atoms with van der Waals surface area (Å²) in [5, 5.41) is 8.83. The zero-order valence-electron chi connectivity index (χ0n) is 14.0. The number of aromatic nitrogens is 3. The van der Waals surface area contributed by atoms with E-state index in [-0.39, 0.29) is 17.4 Å². The highest BCUT2D eigenvalue weighted by Gasteiger charge is 2.13. The van der Waals surface area contributed by atoms with Crippen molar-refractivity contribution in [3.63, 3.8) is 0 Å². The smallest absolute Gasteiger partial charge is 0.305 e. The minimum absolute atomic E-state index is 0.0886. The van der Waals surface area contributed by atoms with Gasteiger partial charge >= 0.3 is 5.91 Å². The van der Waals surface area contributed by atoms with Crippen LogP contribution in [0, 0.1) is 6.92 Å². The van der Waals surface area contributed by atoms with Crippen LogP contribution in [0.1, 0.15) is 21.9 Å². The number of hydrogen-bond acceptors (Lipinski definition) is 6. The van der Waals surface area contributed by atoms with Gasteiger partial charge in [0, 0.05) is 0 Å². The summed E-state index contributed by atoms with van der Waals surface area (Å²) in [6.07, 6.45) is 1.38. The highest BCUT2D eigenvalue weighted by Crippen LogP contribution is 2.18. The molecule has 8 nitrogen and oxygen atoms in total. The number of nitrogens with zero attached hydrogens (tertiary/aromatic N) is 3. The summed E-state index contributed by atoms with van der Waals surface area (Å²) < 4.78 is 6.88. The molecule has 3 rings (SSSR count). The zero-order valence-corrected chi connectivity index (χ0v) is 14.8. The van der Waals surface area contributed by atoms with Gasteiger partial charge in [-0.05, 0) is 24.6 Å². The second kappa shape index (κ2) is 8.34. The third-order valence-electron chi connectivity index (χ3n) is 3.48. The van der Waals surface area contributed by atoms with Crippen LogP contribution in [-0.4, -0.2) is 32.3 Å². The molecule has 2 amide bonds. The molecule has 2 heterocycles. The lowest BCUT2D eigenvalue weighted by atomic mass is 10.2. The van der Waals surface area contributed by atoms with Crippen molar-refractivity contribution in [2.75, 3.05) is 5.75 Å². The largest absolute Gasteiger partial charge is 0.459 e. The lowest BCUT2D eigenvalue weighted by Gasteiger charge is -2.09. The zero-order chi connectivity index (χ0) is 18.4. The molecule has 0 saturated heterocycles. The number of hydrazine groups is 1. The standard InChI is InChI=1S/C17H17N5O3S/c1-12-18-21-17(22(12)10-13-6-3-2-4-7-13)26-11-15(23)19-20-16(24)14-8-5-9-25-14/h2-9H,10-11H2,1H3,(H,19,23)(H,20,24). The van der Waals surface area contributed by atoms with E-state index < -0.39 is 5.91 Å². The van der Waals surface area contributed by atoms with Gasteiger partial charge in [-0.2, -0.15) is 0 Å². The van der Waals surface area contributed by atoms with E-state index in [1.54, 1.807) is 6.07 Å². The fourth-order valence-corrected chi connectivity index (χ4v) is 2.96. The Bertz CT molecular complexity index is 877. The third-order valence-corrected chi connectivity index (χ3v) is 4.44. The first kappa shape index (κ1) is 17.7.